The summed E-state index contributed by atoms with van der Waals surface area (Å²) in [6.45, 7) is 1.92. The van der Waals surface area contributed by atoms with Crippen molar-refractivity contribution in [1.29, 1.82) is 0 Å². The van der Waals surface area contributed by atoms with Crippen molar-refractivity contribution in [3.05, 3.63) is 29.8 Å². The summed E-state index contributed by atoms with van der Waals surface area (Å²) in [5.41, 5.74) is 0.877. The van der Waals surface area contributed by atoms with Gasteiger partial charge in [0.1, 0.15) is 12.3 Å². The van der Waals surface area contributed by atoms with Crippen molar-refractivity contribution >= 4 is 11.9 Å². The van der Waals surface area contributed by atoms with Crippen molar-refractivity contribution in [1.82, 2.24) is 10.2 Å². The van der Waals surface area contributed by atoms with E-state index in [2.05, 4.69) is 5.32 Å². The summed E-state index contributed by atoms with van der Waals surface area (Å²) in [5.74, 6) is -0.103. The minimum Gasteiger partial charge on any atom is -0.508 e. The number of imide groups is 1. The maximum absolute atomic E-state index is 11.4. The number of benzene rings is 1. The van der Waals surface area contributed by atoms with Gasteiger partial charge in [0.2, 0.25) is 5.91 Å². The van der Waals surface area contributed by atoms with Gasteiger partial charge >= 0.3 is 6.03 Å². The molecule has 1 aromatic rings. The molecule has 0 aliphatic carbocycles. The largest absolute Gasteiger partial charge is 0.508 e. The fourth-order valence-corrected chi connectivity index (χ4v) is 1.70. The number of hydrogen-bond acceptors (Lipinski definition) is 3. The van der Waals surface area contributed by atoms with Crippen LogP contribution in [0.1, 0.15) is 18.5 Å². The Morgan fingerprint density at radius 1 is 1.31 bits per heavy atom. The van der Waals surface area contributed by atoms with Crippen LogP contribution in [-0.4, -0.2) is 28.5 Å². The molecular formula is C11H12N2O3. The van der Waals surface area contributed by atoms with Crippen molar-refractivity contribution in [3.63, 3.8) is 0 Å². The molecule has 2 rings (SSSR count). The van der Waals surface area contributed by atoms with E-state index in [0.717, 1.165) is 5.56 Å². The molecule has 84 valence electrons. The zero-order valence-corrected chi connectivity index (χ0v) is 8.80. The SMILES string of the molecule is CC(c1ccc(O)cc1)N1CC(=O)NC1=O. The van der Waals surface area contributed by atoms with E-state index in [4.69, 9.17) is 5.11 Å². The summed E-state index contributed by atoms with van der Waals surface area (Å²) in [6, 6.07) is 6.02. The number of carbonyl (C=O) groups is 2. The Morgan fingerprint density at radius 2 is 1.94 bits per heavy atom. The number of rotatable bonds is 2. The summed E-state index contributed by atoms with van der Waals surface area (Å²) in [7, 11) is 0. The second-order valence-electron chi connectivity index (χ2n) is 3.75. The Kier molecular flexibility index (Phi) is 2.52. The fourth-order valence-electron chi connectivity index (χ4n) is 1.70. The number of nitrogens with one attached hydrogen (secondary N) is 1. The van der Waals surface area contributed by atoms with Gasteiger partial charge in [-0.1, -0.05) is 12.1 Å². The van der Waals surface area contributed by atoms with Crippen LogP contribution >= 0.6 is 0 Å². The van der Waals surface area contributed by atoms with Crippen molar-refractivity contribution < 1.29 is 14.7 Å². The van der Waals surface area contributed by atoms with Gasteiger partial charge < -0.3 is 10.0 Å². The molecule has 1 fully saturated rings. The molecule has 1 aliphatic heterocycles. The lowest BCUT2D eigenvalue weighted by molar-refractivity contribution is -0.118. The molecule has 0 aromatic heterocycles. The number of phenolic OH excluding ortho intramolecular Hbond substituents is 1. The number of hydrogen-bond donors (Lipinski definition) is 2. The second-order valence-corrected chi connectivity index (χ2v) is 3.75. The molecule has 2 N–H and O–H groups in total. The molecule has 1 aliphatic rings. The highest BCUT2D eigenvalue weighted by Crippen LogP contribution is 2.23. The van der Waals surface area contributed by atoms with Gasteiger partial charge in [-0.2, -0.15) is 0 Å². The molecule has 0 spiro atoms. The maximum atomic E-state index is 11.4. The van der Waals surface area contributed by atoms with Gasteiger partial charge in [-0.25, -0.2) is 4.79 Å². The standard InChI is InChI=1S/C11H12N2O3/c1-7(8-2-4-9(14)5-3-8)13-6-10(15)12-11(13)16/h2-5,7,14H,6H2,1H3,(H,12,15,16). The molecule has 1 aromatic carbocycles. The predicted molar refractivity (Wildman–Crippen MR) is 56.8 cm³/mol. The highest BCUT2D eigenvalue weighted by atomic mass is 16.3. The minimum atomic E-state index is -0.370. The van der Waals surface area contributed by atoms with Crippen LogP contribution in [-0.2, 0) is 4.79 Å². The van der Waals surface area contributed by atoms with Gasteiger partial charge in [0, 0.05) is 0 Å². The molecule has 0 bridgehead atoms. The zero-order chi connectivity index (χ0) is 11.7. The smallest absolute Gasteiger partial charge is 0.325 e. The van der Waals surface area contributed by atoms with Crippen LogP contribution in [0.3, 0.4) is 0 Å². The Bertz CT molecular complexity index is 427. The van der Waals surface area contributed by atoms with Crippen LogP contribution in [0.5, 0.6) is 5.75 Å². The molecule has 1 saturated heterocycles. The molecule has 16 heavy (non-hydrogen) atoms. The Balaban J connectivity index is 2.19. The van der Waals surface area contributed by atoms with Crippen molar-refractivity contribution in [3.8, 4) is 5.75 Å². The van der Waals surface area contributed by atoms with Gasteiger partial charge in [-0.05, 0) is 24.6 Å². The topological polar surface area (TPSA) is 69.6 Å². The van der Waals surface area contributed by atoms with Crippen LogP contribution < -0.4 is 5.32 Å². The van der Waals surface area contributed by atoms with Gasteiger partial charge in [0.05, 0.1) is 6.04 Å². The molecule has 1 heterocycles. The molecule has 5 heteroatoms. The second kappa shape index (κ2) is 3.84. The summed E-state index contributed by atoms with van der Waals surface area (Å²) >= 11 is 0. The first kappa shape index (κ1) is 10.5. The van der Waals surface area contributed by atoms with Crippen molar-refractivity contribution in [2.75, 3.05) is 6.54 Å². The number of phenols is 1. The number of urea groups is 1. The first-order chi connectivity index (χ1) is 7.58. The first-order valence-corrected chi connectivity index (χ1v) is 4.97. The average Bonchev–Trinajstić information content (AvgIpc) is 2.58. The fraction of sp³-hybridized carbons (Fsp3) is 0.273. The molecule has 5 nitrogen and oxygen atoms in total. The van der Waals surface area contributed by atoms with Crippen LogP contribution in [0.4, 0.5) is 4.79 Å². The molecule has 0 saturated carbocycles. The predicted octanol–water partition coefficient (Wildman–Crippen LogP) is 1.00. The average molecular weight is 220 g/mol. The summed E-state index contributed by atoms with van der Waals surface area (Å²) in [5, 5.41) is 11.4. The lowest BCUT2D eigenvalue weighted by atomic mass is 10.1. The highest BCUT2D eigenvalue weighted by molar-refractivity contribution is 6.02. The monoisotopic (exact) mass is 220 g/mol. The number of nitrogens with zero attached hydrogens (tertiary/aromatic N) is 1. The van der Waals surface area contributed by atoms with Crippen molar-refractivity contribution in [2.45, 2.75) is 13.0 Å². The van der Waals surface area contributed by atoms with E-state index in [1.54, 1.807) is 24.3 Å². The third kappa shape index (κ3) is 1.84. The Hall–Kier alpha value is -2.04. The van der Waals surface area contributed by atoms with E-state index in [9.17, 15) is 9.59 Å². The number of carbonyl (C=O) groups excluding carboxylic acids is 2. The van der Waals surface area contributed by atoms with E-state index in [0.29, 0.717) is 0 Å². The third-order valence-corrected chi connectivity index (χ3v) is 2.66. The van der Waals surface area contributed by atoms with Crippen LogP contribution in [0, 0.1) is 0 Å². The van der Waals surface area contributed by atoms with Crippen molar-refractivity contribution in [2.24, 2.45) is 0 Å². The van der Waals surface area contributed by atoms with E-state index in [1.807, 2.05) is 6.92 Å². The lowest BCUT2D eigenvalue weighted by Gasteiger charge is -2.22. The van der Waals surface area contributed by atoms with Gasteiger partial charge in [0.25, 0.3) is 0 Å². The van der Waals surface area contributed by atoms with Gasteiger partial charge in [0.15, 0.2) is 0 Å². The third-order valence-electron chi connectivity index (χ3n) is 2.66. The minimum absolute atomic E-state index is 0.0842. The molecule has 0 radical (unpaired) electrons. The first-order valence-electron chi connectivity index (χ1n) is 4.97. The van der Waals surface area contributed by atoms with E-state index in [-0.39, 0.29) is 30.3 Å². The quantitative estimate of drug-likeness (QED) is 0.730. The lowest BCUT2D eigenvalue weighted by Crippen LogP contribution is -2.30. The van der Waals surface area contributed by atoms with Crippen LogP contribution in [0.25, 0.3) is 0 Å². The number of aromatic hydroxyl groups is 1. The van der Waals surface area contributed by atoms with Gasteiger partial charge in [-0.3, -0.25) is 10.1 Å². The molecular weight excluding hydrogens is 208 g/mol. The van der Waals surface area contributed by atoms with E-state index in [1.165, 1.54) is 4.90 Å². The summed E-state index contributed by atoms with van der Waals surface area (Å²) in [4.78, 5) is 23.9. The van der Waals surface area contributed by atoms with Gasteiger partial charge in [-0.15, -0.1) is 0 Å². The molecule has 1 unspecified atom stereocenters. The van der Waals surface area contributed by atoms with Crippen LogP contribution in [0.2, 0.25) is 0 Å². The highest BCUT2D eigenvalue weighted by Gasteiger charge is 2.31. The zero-order valence-electron chi connectivity index (χ0n) is 8.80. The van der Waals surface area contributed by atoms with E-state index < -0.39 is 0 Å². The molecule has 3 amide bonds. The Labute approximate surface area is 92.7 Å². The van der Waals surface area contributed by atoms with E-state index >= 15 is 0 Å². The van der Waals surface area contributed by atoms with Crippen LogP contribution in [0.15, 0.2) is 24.3 Å². The normalized spacial score (nSPS) is 17.4. The maximum Gasteiger partial charge on any atom is 0.325 e. The number of amides is 3. The molecule has 1 atom stereocenters. The Morgan fingerprint density at radius 3 is 2.44 bits per heavy atom. The summed E-state index contributed by atoms with van der Waals surface area (Å²) in [6.07, 6.45) is 0. The summed E-state index contributed by atoms with van der Waals surface area (Å²) < 4.78 is 0.